The molecule has 1 aromatic rings. The molecule has 0 heterocycles. The SMILES string of the molecule is CC(=O)N(CC(C)C(=O)O)c1cccc(Br)c1. The predicted octanol–water partition coefficient (Wildman–Crippen LogP) is 2.52. The molecule has 1 amide bonds. The molecule has 17 heavy (non-hydrogen) atoms. The lowest BCUT2D eigenvalue weighted by Crippen LogP contribution is -2.35. The molecule has 0 aromatic heterocycles. The van der Waals surface area contributed by atoms with Gasteiger partial charge < -0.3 is 10.0 Å². The first kappa shape index (κ1) is 13.7. The van der Waals surface area contributed by atoms with E-state index in [1.54, 1.807) is 25.1 Å². The van der Waals surface area contributed by atoms with Crippen molar-refractivity contribution in [2.45, 2.75) is 13.8 Å². The van der Waals surface area contributed by atoms with Gasteiger partial charge in [-0.25, -0.2) is 0 Å². The summed E-state index contributed by atoms with van der Waals surface area (Å²) >= 11 is 3.32. The quantitative estimate of drug-likeness (QED) is 0.929. The summed E-state index contributed by atoms with van der Waals surface area (Å²) in [5.41, 5.74) is 0.694. The molecule has 0 saturated carbocycles. The van der Waals surface area contributed by atoms with E-state index in [1.165, 1.54) is 11.8 Å². The minimum absolute atomic E-state index is 0.168. The van der Waals surface area contributed by atoms with E-state index >= 15 is 0 Å². The van der Waals surface area contributed by atoms with Gasteiger partial charge in [0, 0.05) is 23.6 Å². The molecule has 92 valence electrons. The number of nitrogens with zero attached hydrogens (tertiary/aromatic N) is 1. The van der Waals surface area contributed by atoms with Gasteiger partial charge in [0.15, 0.2) is 0 Å². The van der Waals surface area contributed by atoms with Crippen molar-refractivity contribution in [1.82, 2.24) is 0 Å². The van der Waals surface area contributed by atoms with Crippen LogP contribution < -0.4 is 4.90 Å². The zero-order chi connectivity index (χ0) is 13.0. The number of hydrogen-bond acceptors (Lipinski definition) is 2. The Morgan fingerprint density at radius 3 is 2.59 bits per heavy atom. The summed E-state index contributed by atoms with van der Waals surface area (Å²) in [5.74, 6) is -1.68. The average Bonchev–Trinajstić information content (AvgIpc) is 2.24. The molecule has 0 aliphatic rings. The van der Waals surface area contributed by atoms with E-state index in [9.17, 15) is 9.59 Å². The molecule has 0 spiro atoms. The maximum absolute atomic E-state index is 11.5. The third kappa shape index (κ3) is 3.85. The third-order valence-corrected chi connectivity index (χ3v) is 2.87. The molecule has 1 atom stereocenters. The van der Waals surface area contributed by atoms with Gasteiger partial charge in [-0.15, -0.1) is 0 Å². The van der Waals surface area contributed by atoms with Crippen molar-refractivity contribution in [1.29, 1.82) is 0 Å². The molecular weight excluding hydrogens is 286 g/mol. The second-order valence-electron chi connectivity index (χ2n) is 3.85. The normalized spacial score (nSPS) is 11.9. The predicted molar refractivity (Wildman–Crippen MR) is 69.0 cm³/mol. The summed E-state index contributed by atoms with van der Waals surface area (Å²) in [7, 11) is 0. The first-order valence-electron chi connectivity index (χ1n) is 5.18. The van der Waals surface area contributed by atoms with Crippen LogP contribution in [0, 0.1) is 5.92 Å². The van der Waals surface area contributed by atoms with Crippen LogP contribution in [0.4, 0.5) is 5.69 Å². The van der Waals surface area contributed by atoms with Crippen molar-refractivity contribution in [3.63, 3.8) is 0 Å². The minimum atomic E-state index is -0.911. The second-order valence-corrected chi connectivity index (χ2v) is 4.76. The lowest BCUT2D eigenvalue weighted by atomic mass is 10.1. The number of aliphatic carboxylic acids is 1. The molecule has 0 bridgehead atoms. The number of carboxylic acids is 1. The largest absolute Gasteiger partial charge is 0.481 e. The smallest absolute Gasteiger partial charge is 0.308 e. The van der Waals surface area contributed by atoms with Crippen molar-refractivity contribution in [2.75, 3.05) is 11.4 Å². The number of carboxylic acid groups (broad SMARTS) is 1. The van der Waals surface area contributed by atoms with Crippen molar-refractivity contribution < 1.29 is 14.7 Å². The zero-order valence-corrected chi connectivity index (χ0v) is 11.3. The summed E-state index contributed by atoms with van der Waals surface area (Å²) in [6.45, 7) is 3.17. The van der Waals surface area contributed by atoms with Gasteiger partial charge in [0.2, 0.25) is 5.91 Å². The van der Waals surface area contributed by atoms with E-state index < -0.39 is 11.9 Å². The number of amides is 1. The topological polar surface area (TPSA) is 57.6 Å². The van der Waals surface area contributed by atoms with Crippen LogP contribution >= 0.6 is 15.9 Å². The van der Waals surface area contributed by atoms with Crippen LogP contribution in [0.3, 0.4) is 0 Å². The van der Waals surface area contributed by atoms with Gasteiger partial charge in [-0.1, -0.05) is 28.9 Å². The Bertz CT molecular complexity index is 434. The number of rotatable bonds is 4. The fourth-order valence-electron chi connectivity index (χ4n) is 1.41. The lowest BCUT2D eigenvalue weighted by Gasteiger charge is -2.23. The first-order chi connectivity index (χ1) is 7.91. The number of anilines is 1. The molecule has 1 rings (SSSR count). The fourth-order valence-corrected chi connectivity index (χ4v) is 1.80. The highest BCUT2D eigenvalue weighted by Crippen LogP contribution is 2.21. The van der Waals surface area contributed by atoms with Gasteiger partial charge in [0.1, 0.15) is 0 Å². The second kappa shape index (κ2) is 5.82. The molecule has 0 radical (unpaired) electrons. The van der Waals surface area contributed by atoms with Crippen LogP contribution in [0.1, 0.15) is 13.8 Å². The van der Waals surface area contributed by atoms with E-state index in [0.717, 1.165) is 4.47 Å². The van der Waals surface area contributed by atoms with Gasteiger partial charge >= 0.3 is 5.97 Å². The molecule has 0 saturated heterocycles. The monoisotopic (exact) mass is 299 g/mol. The number of benzene rings is 1. The summed E-state index contributed by atoms with van der Waals surface area (Å²) in [6.07, 6.45) is 0. The number of halogens is 1. The fraction of sp³-hybridized carbons (Fsp3) is 0.333. The van der Waals surface area contributed by atoms with Crippen LogP contribution in [0.5, 0.6) is 0 Å². The van der Waals surface area contributed by atoms with Gasteiger partial charge in [0.05, 0.1) is 5.92 Å². The number of carbonyl (C=O) groups is 2. The highest BCUT2D eigenvalue weighted by atomic mass is 79.9. The average molecular weight is 300 g/mol. The molecule has 1 aromatic carbocycles. The summed E-state index contributed by atoms with van der Waals surface area (Å²) in [4.78, 5) is 23.8. The van der Waals surface area contributed by atoms with E-state index in [2.05, 4.69) is 15.9 Å². The van der Waals surface area contributed by atoms with Crippen LogP contribution in [0.25, 0.3) is 0 Å². The Hall–Kier alpha value is -1.36. The van der Waals surface area contributed by atoms with Gasteiger partial charge in [-0.2, -0.15) is 0 Å². The number of carbonyl (C=O) groups excluding carboxylic acids is 1. The van der Waals surface area contributed by atoms with Gasteiger partial charge in [-0.05, 0) is 18.2 Å². The Balaban J connectivity index is 2.94. The molecule has 0 fully saturated rings. The first-order valence-corrected chi connectivity index (χ1v) is 5.97. The van der Waals surface area contributed by atoms with E-state index in [0.29, 0.717) is 5.69 Å². The zero-order valence-electron chi connectivity index (χ0n) is 9.68. The maximum Gasteiger partial charge on any atom is 0.308 e. The molecule has 0 aliphatic carbocycles. The third-order valence-electron chi connectivity index (χ3n) is 2.38. The summed E-state index contributed by atoms with van der Waals surface area (Å²) in [6, 6.07) is 7.22. The van der Waals surface area contributed by atoms with Crippen LogP contribution in [0.15, 0.2) is 28.7 Å². The van der Waals surface area contributed by atoms with E-state index in [4.69, 9.17) is 5.11 Å². The summed E-state index contributed by atoms with van der Waals surface area (Å²) < 4.78 is 0.851. The van der Waals surface area contributed by atoms with Crippen LogP contribution in [0.2, 0.25) is 0 Å². The highest BCUT2D eigenvalue weighted by molar-refractivity contribution is 9.10. The Kier molecular flexibility index (Phi) is 4.69. The standard InChI is InChI=1S/C12H14BrNO3/c1-8(12(16)17)7-14(9(2)15)11-5-3-4-10(13)6-11/h3-6,8H,7H2,1-2H3,(H,16,17). The molecule has 1 N–H and O–H groups in total. The molecular formula is C12H14BrNO3. The Morgan fingerprint density at radius 2 is 2.12 bits per heavy atom. The molecule has 0 aliphatic heterocycles. The highest BCUT2D eigenvalue weighted by Gasteiger charge is 2.19. The summed E-state index contributed by atoms with van der Waals surface area (Å²) in [5, 5.41) is 8.87. The van der Waals surface area contributed by atoms with E-state index in [1.807, 2.05) is 6.07 Å². The maximum atomic E-state index is 11.5. The molecule has 4 nitrogen and oxygen atoms in total. The van der Waals surface area contributed by atoms with Crippen molar-refractivity contribution in [3.8, 4) is 0 Å². The van der Waals surface area contributed by atoms with Crippen molar-refractivity contribution >= 4 is 33.5 Å². The van der Waals surface area contributed by atoms with Gasteiger partial charge in [0.25, 0.3) is 0 Å². The van der Waals surface area contributed by atoms with E-state index in [-0.39, 0.29) is 12.5 Å². The Morgan fingerprint density at radius 1 is 1.47 bits per heavy atom. The lowest BCUT2D eigenvalue weighted by molar-refractivity contribution is -0.140. The van der Waals surface area contributed by atoms with Crippen LogP contribution in [-0.2, 0) is 9.59 Å². The molecule has 1 unspecified atom stereocenters. The van der Waals surface area contributed by atoms with Crippen molar-refractivity contribution in [2.24, 2.45) is 5.92 Å². The Labute approximate surface area is 108 Å². The number of hydrogen-bond donors (Lipinski definition) is 1. The molecule has 5 heteroatoms. The minimum Gasteiger partial charge on any atom is -0.481 e. The van der Waals surface area contributed by atoms with Gasteiger partial charge in [-0.3, -0.25) is 9.59 Å². The van der Waals surface area contributed by atoms with Crippen molar-refractivity contribution in [3.05, 3.63) is 28.7 Å². The van der Waals surface area contributed by atoms with Crippen LogP contribution in [-0.4, -0.2) is 23.5 Å².